The Morgan fingerprint density at radius 2 is 1.91 bits per heavy atom. The lowest BCUT2D eigenvalue weighted by molar-refractivity contribution is -0.116. The average molecular weight is 315 g/mol. The quantitative estimate of drug-likeness (QED) is 0.775. The summed E-state index contributed by atoms with van der Waals surface area (Å²) in [5.74, 6) is 1.38. The Morgan fingerprint density at radius 3 is 2.61 bits per heavy atom. The van der Waals surface area contributed by atoms with Gasteiger partial charge in [0, 0.05) is 17.9 Å². The number of carbonyl (C=O) groups is 1. The molecule has 0 saturated carbocycles. The van der Waals surface area contributed by atoms with Crippen molar-refractivity contribution in [3.8, 4) is 11.5 Å². The van der Waals surface area contributed by atoms with Crippen LogP contribution in [0.2, 0.25) is 0 Å². The molecule has 1 aliphatic rings. The van der Waals surface area contributed by atoms with Crippen LogP contribution in [0.25, 0.3) is 0 Å². The van der Waals surface area contributed by atoms with Gasteiger partial charge in [0.15, 0.2) is 11.5 Å². The normalized spacial score (nSPS) is 16.4. The van der Waals surface area contributed by atoms with Crippen LogP contribution in [0, 0.1) is 0 Å². The van der Waals surface area contributed by atoms with Crippen LogP contribution in [0.3, 0.4) is 0 Å². The molecule has 1 aromatic carbocycles. The summed E-state index contributed by atoms with van der Waals surface area (Å²) in [5.41, 5.74) is 13.1. The first-order chi connectivity index (χ1) is 11.0. The minimum atomic E-state index is -0.279. The number of aromatic nitrogens is 2. The third-order valence-electron chi connectivity index (χ3n) is 3.80. The molecular formula is C15H17N5O3. The van der Waals surface area contributed by atoms with E-state index < -0.39 is 0 Å². The van der Waals surface area contributed by atoms with Gasteiger partial charge in [-0.2, -0.15) is 9.97 Å². The van der Waals surface area contributed by atoms with Gasteiger partial charge in [-0.05, 0) is 17.7 Å². The average Bonchev–Trinajstić information content (AvgIpc) is 2.52. The molecule has 0 saturated heterocycles. The van der Waals surface area contributed by atoms with E-state index in [-0.39, 0.29) is 30.0 Å². The predicted octanol–water partition coefficient (Wildman–Crippen LogP) is 1.13. The highest BCUT2D eigenvalue weighted by atomic mass is 16.5. The standard InChI is InChI=1S/C15H17N5O3/c1-22-9-4-3-7(5-10(9)23-2)8-6-11(21)18-14-12(8)13(16)19-15(17)20-14/h3-5,8H,6H2,1-2H3,(H5,16,17,18,19,20,21). The van der Waals surface area contributed by atoms with E-state index in [0.29, 0.717) is 22.9 Å². The van der Waals surface area contributed by atoms with Gasteiger partial charge in [0.1, 0.15) is 11.6 Å². The molecule has 5 N–H and O–H groups in total. The number of fused-ring (bicyclic) bond motifs is 1. The summed E-state index contributed by atoms with van der Waals surface area (Å²) in [4.78, 5) is 20.1. The van der Waals surface area contributed by atoms with Crippen LogP contribution >= 0.6 is 0 Å². The molecule has 8 nitrogen and oxygen atoms in total. The molecule has 1 aromatic heterocycles. The molecule has 1 atom stereocenters. The van der Waals surface area contributed by atoms with Gasteiger partial charge in [-0.15, -0.1) is 0 Å². The molecule has 2 aromatic rings. The van der Waals surface area contributed by atoms with Crippen molar-refractivity contribution < 1.29 is 14.3 Å². The minimum absolute atomic E-state index is 0.0227. The number of methoxy groups -OCH3 is 2. The van der Waals surface area contributed by atoms with Crippen LogP contribution in [0.4, 0.5) is 17.6 Å². The van der Waals surface area contributed by atoms with E-state index in [1.807, 2.05) is 12.1 Å². The molecule has 0 aliphatic carbocycles. The molecule has 1 unspecified atom stereocenters. The number of ether oxygens (including phenoxy) is 2. The zero-order valence-corrected chi connectivity index (χ0v) is 12.8. The maximum Gasteiger partial charge on any atom is 0.226 e. The number of nitrogens with two attached hydrogens (primary N) is 2. The largest absolute Gasteiger partial charge is 0.493 e. The molecule has 0 radical (unpaired) electrons. The van der Waals surface area contributed by atoms with E-state index in [2.05, 4.69) is 15.3 Å². The first-order valence-corrected chi connectivity index (χ1v) is 6.98. The van der Waals surface area contributed by atoms with E-state index in [9.17, 15) is 4.79 Å². The van der Waals surface area contributed by atoms with Gasteiger partial charge >= 0.3 is 0 Å². The highest BCUT2D eigenvalue weighted by Crippen LogP contribution is 2.41. The van der Waals surface area contributed by atoms with Crippen LogP contribution in [-0.4, -0.2) is 30.1 Å². The van der Waals surface area contributed by atoms with Gasteiger partial charge in [0.2, 0.25) is 11.9 Å². The van der Waals surface area contributed by atoms with Gasteiger partial charge in [-0.3, -0.25) is 4.79 Å². The molecular weight excluding hydrogens is 298 g/mol. The van der Waals surface area contributed by atoms with Crippen molar-refractivity contribution in [2.24, 2.45) is 0 Å². The van der Waals surface area contributed by atoms with Gasteiger partial charge in [0.05, 0.1) is 14.2 Å². The molecule has 3 rings (SSSR count). The highest BCUT2D eigenvalue weighted by molar-refractivity contribution is 5.95. The second-order valence-corrected chi connectivity index (χ2v) is 5.15. The number of amides is 1. The predicted molar refractivity (Wildman–Crippen MR) is 85.5 cm³/mol. The summed E-state index contributed by atoms with van der Waals surface area (Å²) in [7, 11) is 3.12. The Morgan fingerprint density at radius 1 is 1.17 bits per heavy atom. The van der Waals surface area contributed by atoms with Crippen molar-refractivity contribution in [2.75, 3.05) is 31.0 Å². The lowest BCUT2D eigenvalue weighted by Crippen LogP contribution is -2.26. The number of rotatable bonds is 3. The molecule has 1 aliphatic heterocycles. The molecule has 0 bridgehead atoms. The van der Waals surface area contributed by atoms with Crippen LogP contribution in [0.1, 0.15) is 23.5 Å². The number of nitrogens with zero attached hydrogens (tertiary/aromatic N) is 2. The molecule has 23 heavy (non-hydrogen) atoms. The van der Waals surface area contributed by atoms with Crippen LogP contribution in [0.5, 0.6) is 11.5 Å². The van der Waals surface area contributed by atoms with Crippen molar-refractivity contribution in [3.63, 3.8) is 0 Å². The monoisotopic (exact) mass is 315 g/mol. The summed E-state index contributed by atoms with van der Waals surface area (Å²) in [6, 6.07) is 5.47. The van der Waals surface area contributed by atoms with Crippen molar-refractivity contribution in [1.82, 2.24) is 9.97 Å². The Hall–Kier alpha value is -3.03. The van der Waals surface area contributed by atoms with Gasteiger partial charge < -0.3 is 26.3 Å². The van der Waals surface area contributed by atoms with Crippen LogP contribution < -0.4 is 26.3 Å². The van der Waals surface area contributed by atoms with Gasteiger partial charge in [-0.25, -0.2) is 0 Å². The molecule has 1 amide bonds. The van der Waals surface area contributed by atoms with Crippen LogP contribution in [-0.2, 0) is 4.79 Å². The lowest BCUT2D eigenvalue weighted by atomic mass is 9.86. The Bertz CT molecular complexity index is 778. The van der Waals surface area contributed by atoms with Gasteiger partial charge in [0.25, 0.3) is 0 Å². The fourth-order valence-electron chi connectivity index (χ4n) is 2.77. The highest BCUT2D eigenvalue weighted by Gasteiger charge is 2.31. The number of nitrogen functional groups attached to an aromatic ring is 2. The number of benzene rings is 1. The summed E-state index contributed by atoms with van der Waals surface area (Å²) >= 11 is 0. The molecule has 0 spiro atoms. The van der Waals surface area contributed by atoms with Crippen molar-refractivity contribution >= 4 is 23.5 Å². The van der Waals surface area contributed by atoms with Crippen molar-refractivity contribution in [3.05, 3.63) is 29.3 Å². The summed E-state index contributed by atoms with van der Waals surface area (Å²) in [6.07, 6.45) is 0.236. The fourth-order valence-corrected chi connectivity index (χ4v) is 2.77. The number of carbonyl (C=O) groups excluding carboxylic acids is 1. The maximum atomic E-state index is 12.0. The van der Waals surface area contributed by atoms with E-state index in [4.69, 9.17) is 20.9 Å². The number of anilines is 3. The second-order valence-electron chi connectivity index (χ2n) is 5.15. The van der Waals surface area contributed by atoms with E-state index in [1.54, 1.807) is 20.3 Å². The Labute approximate surface area is 132 Å². The summed E-state index contributed by atoms with van der Waals surface area (Å²) < 4.78 is 10.6. The van der Waals surface area contributed by atoms with E-state index in [0.717, 1.165) is 5.56 Å². The molecule has 2 heterocycles. The Balaban J connectivity index is 2.13. The zero-order valence-electron chi connectivity index (χ0n) is 12.8. The number of hydrogen-bond acceptors (Lipinski definition) is 7. The fraction of sp³-hybridized carbons (Fsp3) is 0.267. The van der Waals surface area contributed by atoms with Crippen molar-refractivity contribution in [2.45, 2.75) is 12.3 Å². The van der Waals surface area contributed by atoms with E-state index in [1.165, 1.54) is 0 Å². The first-order valence-electron chi connectivity index (χ1n) is 6.98. The second kappa shape index (κ2) is 5.64. The summed E-state index contributed by atoms with van der Waals surface area (Å²) in [6.45, 7) is 0. The third-order valence-corrected chi connectivity index (χ3v) is 3.80. The topological polar surface area (TPSA) is 125 Å². The third kappa shape index (κ3) is 2.59. The first kappa shape index (κ1) is 14.9. The van der Waals surface area contributed by atoms with Crippen LogP contribution in [0.15, 0.2) is 18.2 Å². The summed E-state index contributed by atoms with van der Waals surface area (Å²) in [5, 5.41) is 2.69. The molecule has 8 heteroatoms. The van der Waals surface area contributed by atoms with Gasteiger partial charge in [-0.1, -0.05) is 6.07 Å². The Kier molecular flexibility index (Phi) is 3.65. The maximum absolute atomic E-state index is 12.0. The molecule has 120 valence electrons. The van der Waals surface area contributed by atoms with E-state index >= 15 is 0 Å². The lowest BCUT2D eigenvalue weighted by Gasteiger charge is -2.26. The minimum Gasteiger partial charge on any atom is -0.493 e. The SMILES string of the molecule is COc1ccc(C2CC(=O)Nc3nc(N)nc(N)c32)cc1OC. The number of hydrogen-bond donors (Lipinski definition) is 3. The zero-order chi connectivity index (χ0) is 16.6. The number of nitrogens with one attached hydrogen (secondary N) is 1. The molecule has 0 fully saturated rings. The van der Waals surface area contributed by atoms with Crippen molar-refractivity contribution in [1.29, 1.82) is 0 Å². The smallest absolute Gasteiger partial charge is 0.226 e.